The molecule has 3 aromatic carbocycles. The lowest BCUT2D eigenvalue weighted by atomic mass is 10.1. The number of para-hydroxylation sites is 2. The van der Waals surface area contributed by atoms with Crippen LogP contribution in [-0.4, -0.2) is 19.1 Å². The van der Waals surface area contributed by atoms with Crippen LogP contribution in [0.4, 0.5) is 0 Å². The van der Waals surface area contributed by atoms with Crippen molar-refractivity contribution in [2.75, 3.05) is 0 Å². The van der Waals surface area contributed by atoms with E-state index in [-0.39, 0.29) is 0 Å². The van der Waals surface area contributed by atoms with Crippen LogP contribution in [0.2, 0.25) is 0 Å². The number of hydrogen-bond acceptors (Lipinski definition) is 2. The number of rotatable bonds is 2. The third kappa shape index (κ3) is 2.46. The van der Waals surface area contributed by atoms with Gasteiger partial charge in [-0.3, -0.25) is 4.57 Å². The highest BCUT2D eigenvalue weighted by Gasteiger charge is 2.21. The first-order valence-corrected chi connectivity index (χ1v) is 11.1. The van der Waals surface area contributed by atoms with Gasteiger partial charge < -0.3 is 4.57 Å². The zero-order valence-electron chi connectivity index (χ0n) is 18.1. The highest BCUT2D eigenvalue weighted by Crippen LogP contribution is 2.41. The van der Waals surface area contributed by atoms with Crippen LogP contribution in [0.5, 0.6) is 0 Å². The summed E-state index contributed by atoms with van der Waals surface area (Å²) in [6.45, 7) is 2.10. The second-order valence-electron chi connectivity index (χ2n) is 8.40. The summed E-state index contributed by atoms with van der Waals surface area (Å²) in [7, 11) is 0. The summed E-state index contributed by atoms with van der Waals surface area (Å²) in [4.78, 5) is 9.55. The van der Waals surface area contributed by atoms with Gasteiger partial charge in [0.05, 0.1) is 16.6 Å². The normalized spacial score (nSPS) is 11.8. The minimum Gasteiger partial charge on any atom is -0.309 e. The molecular weight excluding hydrogens is 404 g/mol. The molecule has 0 saturated heterocycles. The third-order valence-corrected chi connectivity index (χ3v) is 6.53. The van der Waals surface area contributed by atoms with Crippen molar-refractivity contribution < 1.29 is 0 Å². The average Bonchev–Trinajstić information content (AvgIpc) is 3.38. The molecule has 0 aliphatic carbocycles. The summed E-state index contributed by atoms with van der Waals surface area (Å²) in [5.74, 6) is 0.915. The van der Waals surface area contributed by atoms with Crippen LogP contribution >= 0.6 is 0 Å². The predicted octanol–water partition coefficient (Wildman–Crippen LogP) is 6.98. The van der Waals surface area contributed by atoms with E-state index in [1.165, 1.54) is 27.2 Å². The Labute approximate surface area is 190 Å². The molecule has 0 aliphatic rings. The summed E-state index contributed by atoms with van der Waals surface area (Å²) in [5, 5.41) is 4.81. The van der Waals surface area contributed by atoms with Gasteiger partial charge in [-0.15, -0.1) is 0 Å². The summed E-state index contributed by atoms with van der Waals surface area (Å²) < 4.78 is 4.58. The first-order chi connectivity index (χ1) is 16.3. The highest BCUT2D eigenvalue weighted by atomic mass is 15.1. The minimum atomic E-state index is 0.915. The topological polar surface area (TPSA) is 35.6 Å². The molecular formula is C29H20N4. The van der Waals surface area contributed by atoms with Gasteiger partial charge in [0.25, 0.3) is 0 Å². The van der Waals surface area contributed by atoms with Crippen molar-refractivity contribution in [2.24, 2.45) is 0 Å². The van der Waals surface area contributed by atoms with Crippen molar-refractivity contribution in [1.29, 1.82) is 0 Å². The zero-order chi connectivity index (χ0) is 21.9. The largest absolute Gasteiger partial charge is 0.309 e. The Hall–Kier alpha value is -4.44. The molecule has 33 heavy (non-hydrogen) atoms. The van der Waals surface area contributed by atoms with E-state index < -0.39 is 0 Å². The van der Waals surface area contributed by atoms with E-state index in [0.29, 0.717) is 0 Å². The van der Waals surface area contributed by atoms with E-state index in [4.69, 9.17) is 9.97 Å². The van der Waals surface area contributed by atoms with Gasteiger partial charge in [-0.25, -0.2) is 9.97 Å². The van der Waals surface area contributed by atoms with E-state index in [0.717, 1.165) is 33.6 Å². The lowest BCUT2D eigenvalue weighted by Crippen LogP contribution is -2.00. The first-order valence-electron chi connectivity index (χ1n) is 11.1. The third-order valence-electron chi connectivity index (χ3n) is 6.53. The molecule has 156 valence electrons. The molecule has 0 radical (unpaired) electrons. The van der Waals surface area contributed by atoms with Crippen molar-refractivity contribution in [3.05, 3.63) is 109 Å². The molecule has 0 saturated carbocycles. The molecule has 0 unspecified atom stereocenters. The van der Waals surface area contributed by atoms with Crippen LogP contribution in [0.3, 0.4) is 0 Å². The second-order valence-corrected chi connectivity index (χ2v) is 8.40. The number of nitrogens with zero attached hydrogens (tertiary/aromatic N) is 4. The summed E-state index contributed by atoms with van der Waals surface area (Å²) in [6.07, 6.45) is 3.71. The minimum absolute atomic E-state index is 0.915. The lowest BCUT2D eigenvalue weighted by Gasteiger charge is -2.10. The van der Waals surface area contributed by atoms with Crippen LogP contribution in [0.25, 0.3) is 55.2 Å². The number of hydrogen-bond donors (Lipinski definition) is 0. The molecule has 0 fully saturated rings. The number of fused-ring (bicyclic) bond motifs is 7. The van der Waals surface area contributed by atoms with Gasteiger partial charge in [0, 0.05) is 39.6 Å². The second kappa shape index (κ2) is 6.78. The molecule has 0 aliphatic heterocycles. The molecule has 0 bridgehead atoms. The fourth-order valence-corrected chi connectivity index (χ4v) is 5.15. The SMILES string of the molecule is Cc1cccnc1-n1c2ccc3c4ccccc4n(-c4ccccc4)c3c2c2cccnc21. The first kappa shape index (κ1) is 18.2. The Balaban J connectivity index is 1.77. The van der Waals surface area contributed by atoms with Gasteiger partial charge in [-0.1, -0.05) is 48.5 Å². The Bertz CT molecular complexity index is 1820. The lowest BCUT2D eigenvalue weighted by molar-refractivity contribution is 1.03. The summed E-state index contributed by atoms with van der Waals surface area (Å²) >= 11 is 0. The fraction of sp³-hybridized carbons (Fsp3) is 0.0345. The maximum atomic E-state index is 4.81. The van der Waals surface area contributed by atoms with Crippen molar-refractivity contribution in [3.63, 3.8) is 0 Å². The number of pyridine rings is 2. The van der Waals surface area contributed by atoms with Crippen LogP contribution in [0.15, 0.2) is 103 Å². The molecule has 0 amide bonds. The predicted molar refractivity (Wildman–Crippen MR) is 135 cm³/mol. The molecule has 7 aromatic rings. The van der Waals surface area contributed by atoms with E-state index in [9.17, 15) is 0 Å². The molecule has 4 heterocycles. The van der Waals surface area contributed by atoms with Crippen molar-refractivity contribution >= 4 is 43.7 Å². The quantitative estimate of drug-likeness (QED) is 0.300. The molecule has 4 aromatic heterocycles. The maximum absolute atomic E-state index is 4.81. The van der Waals surface area contributed by atoms with Crippen LogP contribution in [-0.2, 0) is 0 Å². The Morgan fingerprint density at radius 3 is 2.21 bits per heavy atom. The van der Waals surface area contributed by atoms with Crippen molar-refractivity contribution in [1.82, 2.24) is 19.1 Å². The Morgan fingerprint density at radius 2 is 1.33 bits per heavy atom. The van der Waals surface area contributed by atoms with Gasteiger partial charge in [-0.2, -0.15) is 0 Å². The van der Waals surface area contributed by atoms with Crippen LogP contribution in [0.1, 0.15) is 5.56 Å². The monoisotopic (exact) mass is 424 g/mol. The van der Waals surface area contributed by atoms with Gasteiger partial charge in [0.15, 0.2) is 0 Å². The summed E-state index contributed by atoms with van der Waals surface area (Å²) in [5.41, 5.74) is 6.69. The van der Waals surface area contributed by atoms with Gasteiger partial charge in [-0.05, 0) is 55.0 Å². The zero-order valence-corrected chi connectivity index (χ0v) is 18.1. The number of aryl methyl sites for hydroxylation is 1. The molecule has 4 nitrogen and oxygen atoms in total. The van der Waals surface area contributed by atoms with Gasteiger partial charge >= 0.3 is 0 Å². The maximum Gasteiger partial charge on any atom is 0.146 e. The molecule has 0 spiro atoms. The van der Waals surface area contributed by atoms with E-state index in [1.807, 2.05) is 24.5 Å². The fourth-order valence-electron chi connectivity index (χ4n) is 5.15. The van der Waals surface area contributed by atoms with Gasteiger partial charge in [0.1, 0.15) is 11.5 Å². The average molecular weight is 425 g/mol. The number of aromatic nitrogens is 4. The van der Waals surface area contributed by atoms with Crippen LogP contribution < -0.4 is 0 Å². The van der Waals surface area contributed by atoms with Crippen molar-refractivity contribution in [2.45, 2.75) is 6.92 Å². The smallest absolute Gasteiger partial charge is 0.146 e. The van der Waals surface area contributed by atoms with Crippen molar-refractivity contribution in [3.8, 4) is 11.5 Å². The van der Waals surface area contributed by atoms with Gasteiger partial charge in [0.2, 0.25) is 0 Å². The molecule has 0 atom stereocenters. The van der Waals surface area contributed by atoms with Crippen LogP contribution in [0, 0.1) is 6.92 Å². The Kier molecular flexibility index (Phi) is 3.73. The van der Waals surface area contributed by atoms with E-state index in [1.54, 1.807) is 0 Å². The number of benzene rings is 3. The Morgan fingerprint density at radius 1 is 0.576 bits per heavy atom. The standard InChI is InChI=1S/C29H20N4/c1-19-9-7-17-30-28(19)33-25-16-15-22-21-12-5-6-14-24(21)32(20-10-3-2-4-11-20)27(22)26(25)23-13-8-18-31-29(23)33/h2-18H,1H3. The van der Waals surface area contributed by atoms with E-state index >= 15 is 0 Å². The summed E-state index contributed by atoms with van der Waals surface area (Å²) in [6, 6.07) is 32.0. The van der Waals surface area contributed by atoms with E-state index in [2.05, 4.69) is 94.9 Å². The highest BCUT2D eigenvalue weighted by molar-refractivity contribution is 6.25. The molecule has 0 N–H and O–H groups in total. The molecule has 4 heteroatoms. The molecule has 7 rings (SSSR count).